The number of nitrogens with zero attached hydrogens (tertiary/aromatic N) is 2. The molecule has 5 heteroatoms. The first-order valence-electron chi connectivity index (χ1n) is 11.5. The molecule has 1 saturated heterocycles. The van der Waals surface area contributed by atoms with Gasteiger partial charge >= 0.3 is 0 Å². The molecule has 164 valence electrons. The van der Waals surface area contributed by atoms with Gasteiger partial charge in [-0.25, -0.2) is 0 Å². The SMILES string of the molecule is COc1ccc(-c2ccc3c(c2)[C@@H]2[C@@H](CCN2C(=O)C2CCCC2)[C@H](CO)N3C)cc1. The number of anilines is 1. The largest absolute Gasteiger partial charge is 0.497 e. The Morgan fingerprint density at radius 1 is 1.06 bits per heavy atom. The van der Waals surface area contributed by atoms with Gasteiger partial charge in [-0.15, -0.1) is 0 Å². The number of carbonyl (C=O) groups is 1. The molecule has 3 aliphatic rings. The van der Waals surface area contributed by atoms with E-state index in [1.807, 2.05) is 12.1 Å². The van der Waals surface area contributed by atoms with Gasteiger partial charge < -0.3 is 19.6 Å². The third kappa shape index (κ3) is 3.39. The summed E-state index contributed by atoms with van der Waals surface area (Å²) >= 11 is 0. The number of amides is 1. The Morgan fingerprint density at radius 3 is 2.45 bits per heavy atom. The molecular weight excluding hydrogens is 388 g/mol. The van der Waals surface area contributed by atoms with Crippen molar-refractivity contribution >= 4 is 11.6 Å². The van der Waals surface area contributed by atoms with Crippen molar-refractivity contribution in [3.63, 3.8) is 0 Å². The number of rotatable bonds is 4. The molecule has 31 heavy (non-hydrogen) atoms. The second kappa shape index (κ2) is 8.19. The van der Waals surface area contributed by atoms with Crippen molar-refractivity contribution in [2.45, 2.75) is 44.2 Å². The van der Waals surface area contributed by atoms with Crippen LogP contribution in [-0.2, 0) is 4.79 Å². The first-order valence-corrected chi connectivity index (χ1v) is 11.5. The van der Waals surface area contributed by atoms with E-state index in [9.17, 15) is 9.90 Å². The maximum atomic E-state index is 13.5. The summed E-state index contributed by atoms with van der Waals surface area (Å²) in [6.45, 7) is 0.907. The van der Waals surface area contributed by atoms with Gasteiger partial charge in [0.05, 0.1) is 25.8 Å². The van der Waals surface area contributed by atoms with Crippen LogP contribution in [0, 0.1) is 11.8 Å². The third-order valence-corrected chi connectivity index (χ3v) is 7.76. The number of hydrogen-bond acceptors (Lipinski definition) is 4. The van der Waals surface area contributed by atoms with Crippen LogP contribution in [0.15, 0.2) is 42.5 Å². The van der Waals surface area contributed by atoms with Gasteiger partial charge in [0.15, 0.2) is 0 Å². The molecule has 0 bridgehead atoms. The lowest BCUT2D eigenvalue weighted by Crippen LogP contribution is -2.48. The van der Waals surface area contributed by atoms with Crippen LogP contribution in [-0.4, -0.2) is 49.3 Å². The van der Waals surface area contributed by atoms with Gasteiger partial charge in [-0.05, 0) is 60.2 Å². The van der Waals surface area contributed by atoms with Crippen LogP contribution in [0.4, 0.5) is 5.69 Å². The summed E-state index contributed by atoms with van der Waals surface area (Å²) in [6.07, 6.45) is 5.32. The molecule has 2 heterocycles. The average molecular weight is 421 g/mol. The number of methoxy groups -OCH3 is 1. The molecular formula is C26H32N2O3. The number of aliphatic hydroxyl groups excluding tert-OH is 1. The summed E-state index contributed by atoms with van der Waals surface area (Å²) in [5, 5.41) is 10.2. The summed E-state index contributed by atoms with van der Waals surface area (Å²) in [5.74, 6) is 1.61. The van der Waals surface area contributed by atoms with E-state index in [-0.39, 0.29) is 30.5 Å². The third-order valence-electron chi connectivity index (χ3n) is 7.76. The fourth-order valence-corrected chi connectivity index (χ4v) is 6.07. The van der Waals surface area contributed by atoms with Crippen molar-refractivity contribution in [3.05, 3.63) is 48.0 Å². The summed E-state index contributed by atoms with van der Waals surface area (Å²) in [6, 6.07) is 14.8. The summed E-state index contributed by atoms with van der Waals surface area (Å²) in [5.41, 5.74) is 4.63. The van der Waals surface area contributed by atoms with Gasteiger partial charge in [0.1, 0.15) is 5.75 Å². The number of likely N-dealkylation sites (N-methyl/N-ethyl adjacent to an activating group) is 1. The number of likely N-dealkylation sites (tertiary alicyclic amines) is 1. The first kappa shape index (κ1) is 20.4. The lowest BCUT2D eigenvalue weighted by molar-refractivity contribution is -0.136. The van der Waals surface area contributed by atoms with E-state index in [2.05, 4.69) is 47.2 Å². The van der Waals surface area contributed by atoms with E-state index in [1.54, 1.807) is 7.11 Å². The van der Waals surface area contributed by atoms with Crippen molar-refractivity contribution in [3.8, 4) is 16.9 Å². The van der Waals surface area contributed by atoms with E-state index < -0.39 is 0 Å². The van der Waals surface area contributed by atoms with Crippen molar-refractivity contribution in [1.82, 2.24) is 4.90 Å². The second-order valence-electron chi connectivity index (χ2n) is 9.27. The highest BCUT2D eigenvalue weighted by Crippen LogP contribution is 2.50. The van der Waals surface area contributed by atoms with E-state index in [4.69, 9.17) is 4.74 Å². The number of carbonyl (C=O) groups excluding carboxylic acids is 1. The summed E-state index contributed by atoms with van der Waals surface area (Å²) in [7, 11) is 3.75. The Hall–Kier alpha value is -2.53. The minimum absolute atomic E-state index is 0.0470. The maximum Gasteiger partial charge on any atom is 0.226 e. The molecule has 1 saturated carbocycles. The Labute approximate surface area is 184 Å². The molecule has 5 rings (SSSR count). The van der Waals surface area contributed by atoms with Gasteiger partial charge in [0.2, 0.25) is 5.91 Å². The topological polar surface area (TPSA) is 53.0 Å². The lowest BCUT2D eigenvalue weighted by atomic mass is 9.81. The zero-order valence-corrected chi connectivity index (χ0v) is 18.5. The van der Waals surface area contributed by atoms with Gasteiger partial charge in [0.25, 0.3) is 0 Å². The molecule has 2 aliphatic heterocycles. The second-order valence-corrected chi connectivity index (χ2v) is 9.27. The molecule has 2 aromatic carbocycles. The van der Waals surface area contributed by atoms with Crippen LogP contribution >= 0.6 is 0 Å². The number of aliphatic hydroxyl groups is 1. The molecule has 1 amide bonds. The predicted octanol–water partition coefficient (Wildman–Crippen LogP) is 4.25. The quantitative estimate of drug-likeness (QED) is 0.803. The monoisotopic (exact) mass is 420 g/mol. The molecule has 2 aromatic rings. The van der Waals surface area contributed by atoms with E-state index in [0.29, 0.717) is 5.91 Å². The number of hydrogen-bond donors (Lipinski definition) is 1. The zero-order valence-electron chi connectivity index (χ0n) is 18.5. The average Bonchev–Trinajstić information content (AvgIpc) is 3.49. The number of ether oxygens (including phenoxy) is 1. The molecule has 1 aliphatic carbocycles. The van der Waals surface area contributed by atoms with Crippen LogP contribution in [0.1, 0.15) is 43.7 Å². The van der Waals surface area contributed by atoms with Crippen LogP contribution in [0.5, 0.6) is 5.75 Å². The molecule has 2 fully saturated rings. The van der Waals surface area contributed by atoms with E-state index >= 15 is 0 Å². The van der Waals surface area contributed by atoms with Crippen LogP contribution in [0.25, 0.3) is 11.1 Å². The van der Waals surface area contributed by atoms with Gasteiger partial charge in [-0.3, -0.25) is 4.79 Å². The molecule has 0 spiro atoms. The molecule has 3 atom stereocenters. The molecule has 0 unspecified atom stereocenters. The minimum Gasteiger partial charge on any atom is -0.497 e. The van der Waals surface area contributed by atoms with E-state index in [1.165, 1.54) is 18.4 Å². The fourth-order valence-electron chi connectivity index (χ4n) is 6.07. The molecule has 0 aromatic heterocycles. The summed E-state index contributed by atoms with van der Waals surface area (Å²) < 4.78 is 5.31. The lowest BCUT2D eigenvalue weighted by Gasteiger charge is -2.45. The van der Waals surface area contributed by atoms with Crippen LogP contribution in [0.3, 0.4) is 0 Å². The number of benzene rings is 2. The smallest absolute Gasteiger partial charge is 0.226 e. The van der Waals surface area contributed by atoms with Gasteiger partial charge in [-0.2, -0.15) is 0 Å². The Kier molecular flexibility index (Phi) is 5.39. The standard InChI is InChI=1S/C26H32N2O3/c1-27-23-12-9-19(17-7-10-20(31-2)11-8-17)15-22(23)25-21(24(27)16-29)13-14-28(25)26(30)18-5-3-4-6-18/h7-12,15,18,21,24-25,29H,3-6,13-14,16H2,1-2H3/t21-,24-,25-/m0/s1. The number of fused-ring (bicyclic) bond motifs is 3. The van der Waals surface area contributed by atoms with Crippen molar-refractivity contribution < 1.29 is 14.6 Å². The highest BCUT2D eigenvalue weighted by molar-refractivity contribution is 5.81. The Morgan fingerprint density at radius 2 is 1.77 bits per heavy atom. The fraction of sp³-hybridized carbons (Fsp3) is 0.500. The minimum atomic E-state index is 0.0470. The normalized spacial score (nSPS) is 25.5. The van der Waals surface area contributed by atoms with Crippen LogP contribution in [0.2, 0.25) is 0 Å². The van der Waals surface area contributed by atoms with Crippen LogP contribution < -0.4 is 9.64 Å². The molecule has 1 N–H and O–H groups in total. The predicted molar refractivity (Wildman–Crippen MR) is 122 cm³/mol. The van der Waals surface area contributed by atoms with Crippen molar-refractivity contribution in [1.29, 1.82) is 0 Å². The van der Waals surface area contributed by atoms with E-state index in [0.717, 1.165) is 48.4 Å². The van der Waals surface area contributed by atoms with Gasteiger partial charge in [0, 0.05) is 31.1 Å². The summed E-state index contributed by atoms with van der Waals surface area (Å²) in [4.78, 5) is 17.8. The first-order chi connectivity index (χ1) is 15.1. The zero-order chi connectivity index (χ0) is 21.5. The molecule has 0 radical (unpaired) electrons. The highest BCUT2D eigenvalue weighted by atomic mass is 16.5. The Balaban J connectivity index is 1.55. The maximum absolute atomic E-state index is 13.5. The Bertz CT molecular complexity index is 952. The van der Waals surface area contributed by atoms with Gasteiger partial charge in [-0.1, -0.05) is 31.0 Å². The van der Waals surface area contributed by atoms with Crippen molar-refractivity contribution in [2.24, 2.45) is 11.8 Å². The van der Waals surface area contributed by atoms with Crippen molar-refractivity contribution in [2.75, 3.05) is 32.2 Å². The highest BCUT2D eigenvalue weighted by Gasteiger charge is 2.48. The molecule has 5 nitrogen and oxygen atoms in total.